The van der Waals surface area contributed by atoms with E-state index in [4.69, 9.17) is 5.11 Å². The van der Waals surface area contributed by atoms with Gasteiger partial charge in [-0.3, -0.25) is 4.79 Å². The Morgan fingerprint density at radius 1 is 1.05 bits per heavy atom. The number of carboxylic acid groups (broad SMARTS) is 1. The highest BCUT2D eigenvalue weighted by molar-refractivity contribution is 7.91. The summed E-state index contributed by atoms with van der Waals surface area (Å²) in [6.07, 6.45) is 0. The van der Waals surface area contributed by atoms with Gasteiger partial charge in [-0.15, -0.1) is 0 Å². The van der Waals surface area contributed by atoms with E-state index in [1.54, 1.807) is 6.07 Å². The number of benzene rings is 2. The minimum absolute atomic E-state index is 0.0559. The lowest BCUT2D eigenvalue weighted by Crippen LogP contribution is -2.12. The largest absolute Gasteiger partial charge is 0.478 e. The number of hydrogen-bond donors (Lipinski definition) is 2. The standard InChI is InChI=1S/C14H9NO5S/c16-13-9-6-5-8(14(17)18)7-12(9)21(19,20)11-4-2-1-3-10(11)15-13/h1-7H,(H,15,16)(H,17,18). The smallest absolute Gasteiger partial charge is 0.335 e. The van der Waals surface area contributed by atoms with Crippen molar-refractivity contribution >= 4 is 27.4 Å². The summed E-state index contributed by atoms with van der Waals surface area (Å²) in [6.45, 7) is 0. The van der Waals surface area contributed by atoms with Crippen LogP contribution in [-0.2, 0) is 9.84 Å². The minimum Gasteiger partial charge on any atom is -0.478 e. The molecule has 1 aliphatic rings. The highest BCUT2D eigenvalue weighted by Gasteiger charge is 2.31. The van der Waals surface area contributed by atoms with E-state index in [-0.39, 0.29) is 26.6 Å². The summed E-state index contributed by atoms with van der Waals surface area (Å²) < 4.78 is 25.3. The lowest BCUT2D eigenvalue weighted by atomic mass is 10.1. The maximum Gasteiger partial charge on any atom is 0.335 e. The molecule has 0 unspecified atom stereocenters. The molecular formula is C14H9NO5S. The molecule has 2 N–H and O–H groups in total. The highest BCUT2D eigenvalue weighted by Crippen LogP contribution is 2.33. The molecule has 1 amide bonds. The number of amides is 1. The van der Waals surface area contributed by atoms with Gasteiger partial charge in [-0.05, 0) is 30.3 Å². The first-order chi connectivity index (χ1) is 9.91. The molecule has 2 aromatic carbocycles. The van der Waals surface area contributed by atoms with Crippen molar-refractivity contribution in [3.8, 4) is 0 Å². The van der Waals surface area contributed by atoms with Gasteiger partial charge in [0.05, 0.1) is 26.6 Å². The van der Waals surface area contributed by atoms with Gasteiger partial charge in [0.1, 0.15) is 0 Å². The maximum absolute atomic E-state index is 12.7. The fourth-order valence-electron chi connectivity index (χ4n) is 2.18. The first kappa shape index (κ1) is 13.3. The second-order valence-corrected chi connectivity index (χ2v) is 6.36. The van der Waals surface area contributed by atoms with Crippen molar-refractivity contribution in [3.63, 3.8) is 0 Å². The Morgan fingerprint density at radius 2 is 1.76 bits per heavy atom. The van der Waals surface area contributed by atoms with Crippen LogP contribution in [0, 0.1) is 0 Å². The fraction of sp³-hybridized carbons (Fsp3) is 0. The molecule has 0 atom stereocenters. The molecule has 21 heavy (non-hydrogen) atoms. The fourth-order valence-corrected chi connectivity index (χ4v) is 3.81. The summed E-state index contributed by atoms with van der Waals surface area (Å²) in [5.74, 6) is -1.85. The van der Waals surface area contributed by atoms with Gasteiger partial charge >= 0.3 is 5.97 Å². The van der Waals surface area contributed by atoms with Crippen molar-refractivity contribution in [2.75, 3.05) is 5.32 Å². The Labute approximate surface area is 120 Å². The van der Waals surface area contributed by atoms with E-state index in [0.29, 0.717) is 0 Å². The first-order valence-electron chi connectivity index (χ1n) is 5.94. The van der Waals surface area contributed by atoms with Gasteiger partial charge in [0.15, 0.2) is 0 Å². The second kappa shape index (κ2) is 4.42. The zero-order valence-corrected chi connectivity index (χ0v) is 11.3. The summed E-state index contributed by atoms with van der Waals surface area (Å²) in [7, 11) is -3.97. The number of carboxylic acids is 1. The molecule has 0 saturated heterocycles. The van der Waals surface area contributed by atoms with Gasteiger partial charge in [-0.25, -0.2) is 13.2 Å². The quantitative estimate of drug-likeness (QED) is 0.836. The highest BCUT2D eigenvalue weighted by atomic mass is 32.2. The zero-order chi connectivity index (χ0) is 15.2. The predicted molar refractivity (Wildman–Crippen MR) is 73.2 cm³/mol. The van der Waals surface area contributed by atoms with E-state index in [2.05, 4.69) is 5.32 Å². The van der Waals surface area contributed by atoms with Gasteiger partial charge in [0.25, 0.3) is 5.91 Å². The van der Waals surface area contributed by atoms with Crippen LogP contribution >= 0.6 is 0 Å². The Balaban J connectivity index is 2.38. The second-order valence-electron chi connectivity index (χ2n) is 4.47. The Hall–Kier alpha value is -2.67. The Bertz CT molecular complexity index is 886. The summed E-state index contributed by atoms with van der Waals surface area (Å²) in [5, 5.41) is 11.5. The molecular weight excluding hydrogens is 294 g/mol. The van der Waals surface area contributed by atoms with Gasteiger partial charge in [-0.1, -0.05) is 12.1 Å². The number of nitrogens with one attached hydrogen (secondary N) is 1. The normalized spacial score (nSPS) is 15.3. The van der Waals surface area contributed by atoms with E-state index in [1.165, 1.54) is 30.3 Å². The minimum atomic E-state index is -3.97. The topological polar surface area (TPSA) is 101 Å². The zero-order valence-electron chi connectivity index (χ0n) is 10.5. The molecule has 0 bridgehead atoms. The number of carbonyl (C=O) groups is 2. The number of para-hydroxylation sites is 1. The van der Waals surface area contributed by atoms with E-state index in [1.807, 2.05) is 0 Å². The van der Waals surface area contributed by atoms with Crippen LogP contribution < -0.4 is 5.32 Å². The lowest BCUT2D eigenvalue weighted by Gasteiger charge is -2.07. The van der Waals surface area contributed by atoms with Crippen molar-refractivity contribution in [1.82, 2.24) is 0 Å². The van der Waals surface area contributed by atoms with Crippen LogP contribution in [0.5, 0.6) is 0 Å². The van der Waals surface area contributed by atoms with Gasteiger partial charge in [-0.2, -0.15) is 0 Å². The van der Waals surface area contributed by atoms with Crippen molar-refractivity contribution in [1.29, 1.82) is 0 Å². The van der Waals surface area contributed by atoms with Crippen molar-refractivity contribution < 1.29 is 23.1 Å². The SMILES string of the molecule is O=C(O)c1ccc2c(c1)S(=O)(=O)c1ccccc1NC2=O. The molecule has 0 saturated carbocycles. The van der Waals surface area contributed by atoms with E-state index >= 15 is 0 Å². The van der Waals surface area contributed by atoms with E-state index in [9.17, 15) is 18.0 Å². The Kier molecular flexibility index (Phi) is 2.80. The van der Waals surface area contributed by atoms with Gasteiger partial charge in [0.2, 0.25) is 9.84 Å². The predicted octanol–water partition coefficient (Wildman–Crippen LogP) is 1.78. The van der Waals surface area contributed by atoms with Gasteiger partial charge < -0.3 is 10.4 Å². The third-order valence-electron chi connectivity index (χ3n) is 3.19. The number of carbonyl (C=O) groups excluding carboxylic acids is 1. The average Bonchev–Trinajstić information content (AvgIpc) is 2.54. The van der Waals surface area contributed by atoms with Crippen LogP contribution in [0.1, 0.15) is 20.7 Å². The molecule has 7 heteroatoms. The lowest BCUT2D eigenvalue weighted by molar-refractivity contribution is 0.0696. The van der Waals surface area contributed by atoms with Crippen LogP contribution in [0.15, 0.2) is 52.3 Å². The molecule has 1 heterocycles. The van der Waals surface area contributed by atoms with Crippen LogP contribution in [0.25, 0.3) is 0 Å². The van der Waals surface area contributed by atoms with Crippen molar-refractivity contribution in [2.45, 2.75) is 9.79 Å². The monoisotopic (exact) mass is 303 g/mol. The molecule has 0 aromatic heterocycles. The number of fused-ring (bicyclic) bond motifs is 2. The molecule has 6 nitrogen and oxygen atoms in total. The molecule has 0 radical (unpaired) electrons. The third kappa shape index (κ3) is 1.98. The molecule has 0 aliphatic carbocycles. The summed E-state index contributed by atoms with van der Waals surface area (Å²) in [6, 6.07) is 9.41. The van der Waals surface area contributed by atoms with Crippen LogP contribution in [0.2, 0.25) is 0 Å². The maximum atomic E-state index is 12.7. The molecule has 3 rings (SSSR count). The number of anilines is 1. The van der Waals surface area contributed by atoms with Gasteiger partial charge in [0, 0.05) is 0 Å². The molecule has 0 fully saturated rings. The number of sulfone groups is 1. The molecule has 106 valence electrons. The Morgan fingerprint density at radius 3 is 2.48 bits per heavy atom. The van der Waals surface area contributed by atoms with Crippen molar-refractivity contribution in [2.24, 2.45) is 0 Å². The van der Waals surface area contributed by atoms with Crippen molar-refractivity contribution in [3.05, 3.63) is 53.6 Å². The van der Waals surface area contributed by atoms with Crippen LogP contribution in [0.3, 0.4) is 0 Å². The number of aromatic carboxylic acids is 1. The van der Waals surface area contributed by atoms with Crippen LogP contribution in [0.4, 0.5) is 5.69 Å². The number of hydrogen-bond acceptors (Lipinski definition) is 4. The number of rotatable bonds is 1. The molecule has 0 spiro atoms. The first-order valence-corrected chi connectivity index (χ1v) is 7.42. The third-order valence-corrected chi connectivity index (χ3v) is 5.04. The molecule has 1 aliphatic heterocycles. The van der Waals surface area contributed by atoms with Crippen LogP contribution in [-0.4, -0.2) is 25.4 Å². The summed E-state index contributed by atoms with van der Waals surface area (Å²) in [5.41, 5.74) is -0.0868. The summed E-state index contributed by atoms with van der Waals surface area (Å²) in [4.78, 5) is 22.8. The van der Waals surface area contributed by atoms with E-state index in [0.717, 1.165) is 6.07 Å². The molecule has 2 aromatic rings. The summed E-state index contributed by atoms with van der Waals surface area (Å²) >= 11 is 0. The van der Waals surface area contributed by atoms with E-state index < -0.39 is 21.7 Å². The average molecular weight is 303 g/mol.